The lowest BCUT2D eigenvalue weighted by Crippen LogP contribution is -2.53. The van der Waals surface area contributed by atoms with Gasteiger partial charge in [-0.25, -0.2) is 4.98 Å². The number of carbonyl (C=O) groups excluding carboxylic acids is 2. The average molecular weight is 431 g/mol. The van der Waals surface area contributed by atoms with Crippen LogP contribution >= 0.6 is 0 Å². The zero-order valence-electron chi connectivity index (χ0n) is 18.4. The van der Waals surface area contributed by atoms with Crippen LogP contribution in [0.15, 0.2) is 60.8 Å². The number of aromatic nitrogens is 1. The van der Waals surface area contributed by atoms with E-state index < -0.39 is 0 Å². The van der Waals surface area contributed by atoms with Crippen LogP contribution in [0.3, 0.4) is 0 Å². The molecular formula is C26H30N4O2. The molecule has 32 heavy (non-hydrogen) atoms. The van der Waals surface area contributed by atoms with Gasteiger partial charge in [0.1, 0.15) is 5.82 Å². The molecule has 0 bridgehead atoms. The number of piperazine rings is 1. The number of carbonyl (C=O) groups is 2. The van der Waals surface area contributed by atoms with Gasteiger partial charge in [-0.1, -0.05) is 42.5 Å². The zero-order valence-corrected chi connectivity index (χ0v) is 18.4. The number of benzene rings is 1. The molecule has 1 aromatic heterocycles. The smallest absolute Gasteiger partial charge is 0.227 e. The van der Waals surface area contributed by atoms with Gasteiger partial charge in [-0.2, -0.15) is 0 Å². The van der Waals surface area contributed by atoms with Gasteiger partial charge in [-0.05, 0) is 42.5 Å². The number of hydrogen-bond donors (Lipinski definition) is 0. The van der Waals surface area contributed by atoms with Crippen molar-refractivity contribution in [2.45, 2.75) is 25.8 Å². The minimum absolute atomic E-state index is 0.130. The highest BCUT2D eigenvalue weighted by Gasteiger charge is 2.39. The van der Waals surface area contributed by atoms with Crippen LogP contribution < -0.4 is 4.90 Å². The summed E-state index contributed by atoms with van der Waals surface area (Å²) in [7, 11) is 0. The van der Waals surface area contributed by atoms with Crippen molar-refractivity contribution in [3.8, 4) is 0 Å². The summed E-state index contributed by atoms with van der Waals surface area (Å²) in [5, 5.41) is 0. The maximum Gasteiger partial charge on any atom is 0.227 e. The Bertz CT molecular complexity index is 998. The minimum atomic E-state index is -0.258. The Kier molecular flexibility index (Phi) is 5.93. The molecule has 0 saturated carbocycles. The van der Waals surface area contributed by atoms with Crippen LogP contribution in [0, 0.1) is 11.8 Å². The van der Waals surface area contributed by atoms with Gasteiger partial charge in [0.2, 0.25) is 11.8 Å². The van der Waals surface area contributed by atoms with E-state index in [1.165, 1.54) is 11.1 Å². The highest BCUT2D eigenvalue weighted by molar-refractivity contribution is 5.88. The van der Waals surface area contributed by atoms with Crippen molar-refractivity contribution in [1.82, 2.24) is 14.8 Å². The number of fused-ring (bicyclic) bond motifs is 1. The second-order valence-electron chi connectivity index (χ2n) is 8.93. The second kappa shape index (κ2) is 9.15. The highest BCUT2D eigenvalue weighted by atomic mass is 16.2. The van der Waals surface area contributed by atoms with Crippen molar-refractivity contribution in [3.63, 3.8) is 0 Å². The Hall–Kier alpha value is -3.15. The molecule has 1 aromatic carbocycles. The maximum absolute atomic E-state index is 13.5. The van der Waals surface area contributed by atoms with Crippen LogP contribution in [-0.4, -0.2) is 59.3 Å². The first-order valence-electron chi connectivity index (χ1n) is 11.7. The summed E-state index contributed by atoms with van der Waals surface area (Å²) >= 11 is 0. The molecule has 2 aliphatic heterocycles. The number of pyridine rings is 1. The second-order valence-corrected chi connectivity index (χ2v) is 8.93. The van der Waals surface area contributed by atoms with Crippen LogP contribution in [0.1, 0.15) is 24.0 Å². The predicted octanol–water partition coefficient (Wildman–Crippen LogP) is 2.90. The van der Waals surface area contributed by atoms with Gasteiger partial charge in [0.25, 0.3) is 0 Å². The number of rotatable bonds is 3. The fourth-order valence-corrected chi connectivity index (χ4v) is 5.21. The van der Waals surface area contributed by atoms with Gasteiger partial charge in [-0.3, -0.25) is 9.59 Å². The molecule has 2 amide bonds. The third-order valence-corrected chi connectivity index (χ3v) is 7.07. The first kappa shape index (κ1) is 20.7. The first-order chi connectivity index (χ1) is 15.7. The van der Waals surface area contributed by atoms with E-state index in [1.54, 1.807) is 6.20 Å². The van der Waals surface area contributed by atoms with Crippen LogP contribution in [0.25, 0.3) is 0 Å². The molecular weight excluding hydrogens is 400 g/mol. The topological polar surface area (TPSA) is 56.8 Å². The first-order valence-corrected chi connectivity index (χ1v) is 11.7. The summed E-state index contributed by atoms with van der Waals surface area (Å²) in [4.78, 5) is 37.5. The molecule has 166 valence electrons. The van der Waals surface area contributed by atoms with E-state index in [0.29, 0.717) is 32.5 Å². The Labute approximate surface area is 189 Å². The number of anilines is 1. The van der Waals surface area contributed by atoms with Crippen molar-refractivity contribution in [1.29, 1.82) is 0 Å². The van der Waals surface area contributed by atoms with E-state index in [0.717, 1.165) is 31.9 Å². The van der Waals surface area contributed by atoms with E-state index in [1.807, 2.05) is 34.1 Å². The fourth-order valence-electron chi connectivity index (χ4n) is 5.21. The van der Waals surface area contributed by atoms with Gasteiger partial charge in [0, 0.05) is 45.5 Å². The van der Waals surface area contributed by atoms with Crippen LogP contribution in [0.4, 0.5) is 5.82 Å². The highest BCUT2D eigenvalue weighted by Crippen LogP contribution is 2.31. The molecule has 6 heteroatoms. The van der Waals surface area contributed by atoms with E-state index in [4.69, 9.17) is 0 Å². The molecule has 2 atom stereocenters. The molecule has 0 radical (unpaired) electrons. The van der Waals surface area contributed by atoms with Crippen molar-refractivity contribution < 1.29 is 9.59 Å². The summed E-state index contributed by atoms with van der Waals surface area (Å²) in [5.41, 5.74) is 2.56. The predicted molar refractivity (Wildman–Crippen MR) is 124 cm³/mol. The zero-order chi connectivity index (χ0) is 21.9. The lowest BCUT2D eigenvalue weighted by Gasteiger charge is -2.40. The molecule has 2 aromatic rings. The SMILES string of the molecule is O=C(C1CC=CCC1C(=O)N1CCc2ccccc2C1)N1CCN(c2ccccn2)CC1. The van der Waals surface area contributed by atoms with Crippen LogP contribution in [-0.2, 0) is 22.6 Å². The number of nitrogens with zero attached hydrogens (tertiary/aromatic N) is 4. The van der Waals surface area contributed by atoms with Gasteiger partial charge in [-0.15, -0.1) is 0 Å². The summed E-state index contributed by atoms with van der Waals surface area (Å²) in [5.74, 6) is 0.705. The Morgan fingerprint density at radius 2 is 1.41 bits per heavy atom. The van der Waals surface area contributed by atoms with Crippen LogP contribution in [0.5, 0.6) is 0 Å². The van der Waals surface area contributed by atoms with Crippen molar-refractivity contribution in [2.24, 2.45) is 11.8 Å². The molecule has 3 aliphatic rings. The van der Waals surface area contributed by atoms with Crippen molar-refractivity contribution in [3.05, 3.63) is 71.9 Å². The number of hydrogen-bond acceptors (Lipinski definition) is 4. The van der Waals surface area contributed by atoms with E-state index >= 15 is 0 Å². The van der Waals surface area contributed by atoms with Crippen molar-refractivity contribution >= 4 is 17.6 Å². The lowest BCUT2D eigenvalue weighted by molar-refractivity contribution is -0.147. The van der Waals surface area contributed by atoms with Gasteiger partial charge >= 0.3 is 0 Å². The summed E-state index contributed by atoms with van der Waals surface area (Å²) in [6, 6.07) is 14.3. The molecule has 0 spiro atoms. The van der Waals surface area contributed by atoms with Crippen molar-refractivity contribution in [2.75, 3.05) is 37.6 Å². The molecule has 1 saturated heterocycles. The molecule has 0 N–H and O–H groups in total. The quantitative estimate of drug-likeness (QED) is 0.703. The molecule has 1 fully saturated rings. The Morgan fingerprint density at radius 3 is 2.09 bits per heavy atom. The van der Waals surface area contributed by atoms with Gasteiger partial charge in [0.05, 0.1) is 11.8 Å². The standard InChI is InChI=1S/C26H30N4O2/c31-25(29-17-15-28(16-18-29)24-11-5-6-13-27-24)22-9-3-4-10-23(22)26(32)30-14-12-20-7-1-2-8-21(20)19-30/h1-8,11,13,22-23H,9-10,12,14-19H2. The third-order valence-electron chi connectivity index (χ3n) is 7.07. The number of allylic oxidation sites excluding steroid dienone is 2. The summed E-state index contributed by atoms with van der Waals surface area (Å²) in [6.45, 7) is 4.28. The summed E-state index contributed by atoms with van der Waals surface area (Å²) in [6.07, 6.45) is 8.14. The monoisotopic (exact) mass is 430 g/mol. The minimum Gasteiger partial charge on any atom is -0.353 e. The van der Waals surface area contributed by atoms with Gasteiger partial charge in [0.15, 0.2) is 0 Å². The molecule has 6 nitrogen and oxygen atoms in total. The molecule has 1 aliphatic carbocycles. The largest absolute Gasteiger partial charge is 0.353 e. The third kappa shape index (κ3) is 4.14. The Morgan fingerprint density at radius 1 is 0.750 bits per heavy atom. The fraction of sp³-hybridized carbons (Fsp3) is 0.423. The molecule has 2 unspecified atom stereocenters. The van der Waals surface area contributed by atoms with E-state index in [9.17, 15) is 9.59 Å². The Balaban J connectivity index is 1.24. The van der Waals surface area contributed by atoms with E-state index in [2.05, 4.69) is 40.2 Å². The average Bonchev–Trinajstić information content (AvgIpc) is 2.88. The van der Waals surface area contributed by atoms with E-state index in [-0.39, 0.29) is 23.7 Å². The number of amides is 2. The molecule has 3 heterocycles. The van der Waals surface area contributed by atoms with Gasteiger partial charge < -0.3 is 14.7 Å². The molecule has 5 rings (SSSR count). The van der Waals surface area contributed by atoms with Crippen LogP contribution in [0.2, 0.25) is 0 Å². The summed E-state index contributed by atoms with van der Waals surface area (Å²) < 4.78 is 0. The normalized spacial score (nSPS) is 23.1. The maximum atomic E-state index is 13.5. The lowest BCUT2D eigenvalue weighted by atomic mass is 9.80.